The number of hydrogen-bond acceptors (Lipinski definition) is 2. The number of hydrogen-bond donors (Lipinski definition) is 1. The zero-order chi connectivity index (χ0) is 12.5. The standard InChI is InChI=1S/C14H20ClNO/c1-10-5-6-11(9-12(10)15)13(16)14(17-2)7-3-4-8-14/h5-6,9,13H,3-4,7-8,16H2,1-2H3. The molecule has 1 saturated carbocycles. The van der Waals surface area contributed by atoms with Gasteiger partial charge in [-0.2, -0.15) is 0 Å². The zero-order valence-corrected chi connectivity index (χ0v) is 11.3. The maximum atomic E-state index is 6.38. The lowest BCUT2D eigenvalue weighted by atomic mass is 9.87. The lowest BCUT2D eigenvalue weighted by molar-refractivity contribution is -0.0264. The van der Waals surface area contributed by atoms with Gasteiger partial charge in [0.1, 0.15) is 0 Å². The van der Waals surface area contributed by atoms with Crippen LogP contribution >= 0.6 is 11.6 Å². The predicted octanol–water partition coefficient (Wildman–Crippen LogP) is 3.61. The van der Waals surface area contributed by atoms with Gasteiger partial charge in [0.05, 0.1) is 11.6 Å². The Kier molecular flexibility index (Phi) is 3.76. The molecule has 1 atom stereocenters. The first kappa shape index (κ1) is 12.9. The molecule has 1 aromatic rings. The van der Waals surface area contributed by atoms with E-state index in [0.717, 1.165) is 29.0 Å². The van der Waals surface area contributed by atoms with Gasteiger partial charge in [-0.25, -0.2) is 0 Å². The summed E-state index contributed by atoms with van der Waals surface area (Å²) in [6, 6.07) is 5.97. The van der Waals surface area contributed by atoms with E-state index in [9.17, 15) is 0 Å². The Bertz CT molecular complexity index is 399. The van der Waals surface area contributed by atoms with Crippen LogP contribution in [-0.4, -0.2) is 12.7 Å². The quantitative estimate of drug-likeness (QED) is 0.893. The van der Waals surface area contributed by atoms with Crippen molar-refractivity contribution < 1.29 is 4.74 Å². The molecule has 1 aliphatic rings. The fourth-order valence-corrected chi connectivity index (χ4v) is 2.91. The molecule has 0 amide bonds. The number of nitrogens with two attached hydrogens (primary N) is 1. The fourth-order valence-electron chi connectivity index (χ4n) is 2.72. The Hall–Kier alpha value is -0.570. The van der Waals surface area contributed by atoms with Crippen molar-refractivity contribution in [1.82, 2.24) is 0 Å². The van der Waals surface area contributed by atoms with Gasteiger partial charge in [-0.15, -0.1) is 0 Å². The third kappa shape index (κ3) is 2.35. The van der Waals surface area contributed by atoms with E-state index in [1.807, 2.05) is 19.1 Å². The van der Waals surface area contributed by atoms with E-state index in [0.29, 0.717) is 0 Å². The lowest BCUT2D eigenvalue weighted by Gasteiger charge is -2.34. The summed E-state index contributed by atoms with van der Waals surface area (Å²) < 4.78 is 5.72. The maximum absolute atomic E-state index is 6.38. The highest BCUT2D eigenvalue weighted by Crippen LogP contribution is 2.41. The van der Waals surface area contributed by atoms with Crippen LogP contribution in [0.2, 0.25) is 5.02 Å². The molecule has 0 spiro atoms. The van der Waals surface area contributed by atoms with E-state index < -0.39 is 0 Å². The average molecular weight is 254 g/mol. The predicted molar refractivity (Wildman–Crippen MR) is 71.3 cm³/mol. The van der Waals surface area contributed by atoms with Crippen molar-refractivity contribution in [2.24, 2.45) is 5.73 Å². The molecule has 1 fully saturated rings. The number of ether oxygens (including phenoxy) is 1. The van der Waals surface area contributed by atoms with E-state index in [2.05, 4.69) is 6.07 Å². The summed E-state index contributed by atoms with van der Waals surface area (Å²) in [4.78, 5) is 0. The van der Waals surface area contributed by atoms with Crippen molar-refractivity contribution in [3.63, 3.8) is 0 Å². The molecule has 94 valence electrons. The number of halogens is 1. The molecule has 2 N–H and O–H groups in total. The highest BCUT2D eigenvalue weighted by molar-refractivity contribution is 6.31. The normalized spacial score (nSPS) is 20.5. The molecule has 0 radical (unpaired) electrons. The van der Waals surface area contributed by atoms with Crippen LogP contribution < -0.4 is 5.73 Å². The van der Waals surface area contributed by atoms with Gasteiger partial charge in [-0.3, -0.25) is 0 Å². The number of methoxy groups -OCH3 is 1. The van der Waals surface area contributed by atoms with Gasteiger partial charge >= 0.3 is 0 Å². The molecule has 0 aromatic heterocycles. The first-order valence-electron chi connectivity index (χ1n) is 6.16. The minimum Gasteiger partial charge on any atom is -0.376 e. The topological polar surface area (TPSA) is 35.2 Å². The molecule has 3 heteroatoms. The third-order valence-electron chi connectivity index (χ3n) is 3.98. The van der Waals surface area contributed by atoms with E-state index in [-0.39, 0.29) is 11.6 Å². The first-order chi connectivity index (χ1) is 8.09. The second-order valence-electron chi connectivity index (χ2n) is 4.96. The van der Waals surface area contributed by atoms with Gasteiger partial charge in [0.15, 0.2) is 0 Å². The van der Waals surface area contributed by atoms with Crippen LogP contribution in [0.25, 0.3) is 0 Å². The van der Waals surface area contributed by atoms with Crippen molar-refractivity contribution in [2.75, 3.05) is 7.11 Å². The summed E-state index contributed by atoms with van der Waals surface area (Å²) >= 11 is 6.16. The van der Waals surface area contributed by atoms with E-state index in [4.69, 9.17) is 22.1 Å². The van der Waals surface area contributed by atoms with Crippen LogP contribution in [0.3, 0.4) is 0 Å². The minimum absolute atomic E-state index is 0.0897. The minimum atomic E-state index is -0.196. The average Bonchev–Trinajstić information content (AvgIpc) is 2.81. The molecule has 0 saturated heterocycles. The van der Waals surface area contributed by atoms with E-state index in [1.165, 1.54) is 12.8 Å². The van der Waals surface area contributed by atoms with Crippen molar-refractivity contribution in [1.29, 1.82) is 0 Å². The van der Waals surface area contributed by atoms with E-state index >= 15 is 0 Å². The lowest BCUT2D eigenvalue weighted by Crippen LogP contribution is -2.40. The second-order valence-corrected chi connectivity index (χ2v) is 5.37. The number of aryl methyl sites for hydroxylation is 1. The van der Waals surface area contributed by atoms with Gasteiger partial charge in [0.2, 0.25) is 0 Å². The summed E-state index contributed by atoms with van der Waals surface area (Å²) in [6.07, 6.45) is 4.47. The van der Waals surface area contributed by atoms with Gasteiger partial charge in [0.25, 0.3) is 0 Å². The summed E-state index contributed by atoms with van der Waals surface area (Å²) in [5.74, 6) is 0. The highest BCUT2D eigenvalue weighted by atomic mass is 35.5. The molecule has 0 aliphatic heterocycles. The van der Waals surface area contributed by atoms with Crippen LogP contribution in [0.1, 0.15) is 42.9 Å². The first-order valence-corrected chi connectivity index (χ1v) is 6.54. The van der Waals surface area contributed by atoms with Crippen molar-refractivity contribution >= 4 is 11.6 Å². The number of benzene rings is 1. The van der Waals surface area contributed by atoms with Crippen LogP contribution in [0, 0.1) is 6.92 Å². The maximum Gasteiger partial charge on any atom is 0.0870 e. The Balaban J connectivity index is 2.29. The molecule has 1 aromatic carbocycles. The zero-order valence-electron chi connectivity index (χ0n) is 10.5. The highest BCUT2D eigenvalue weighted by Gasteiger charge is 2.40. The molecule has 17 heavy (non-hydrogen) atoms. The summed E-state index contributed by atoms with van der Waals surface area (Å²) in [5, 5.41) is 0.780. The molecule has 1 unspecified atom stereocenters. The van der Waals surface area contributed by atoms with Gasteiger partial charge in [-0.1, -0.05) is 36.6 Å². The van der Waals surface area contributed by atoms with Crippen molar-refractivity contribution in [3.8, 4) is 0 Å². The smallest absolute Gasteiger partial charge is 0.0870 e. The summed E-state index contributed by atoms with van der Waals surface area (Å²) in [6.45, 7) is 2.00. The van der Waals surface area contributed by atoms with Gasteiger partial charge in [0, 0.05) is 12.1 Å². The Morgan fingerprint density at radius 1 is 1.35 bits per heavy atom. The van der Waals surface area contributed by atoms with Crippen LogP contribution in [-0.2, 0) is 4.74 Å². The molecule has 2 nitrogen and oxygen atoms in total. The third-order valence-corrected chi connectivity index (χ3v) is 4.39. The van der Waals surface area contributed by atoms with Gasteiger partial charge in [-0.05, 0) is 37.0 Å². The van der Waals surface area contributed by atoms with Crippen molar-refractivity contribution in [2.45, 2.75) is 44.2 Å². The molecule has 1 aliphatic carbocycles. The SMILES string of the molecule is COC1(C(N)c2ccc(C)c(Cl)c2)CCCC1. The van der Waals surface area contributed by atoms with Crippen molar-refractivity contribution in [3.05, 3.63) is 34.3 Å². The monoisotopic (exact) mass is 253 g/mol. The summed E-state index contributed by atoms with van der Waals surface area (Å²) in [5.41, 5.74) is 8.34. The Morgan fingerprint density at radius 3 is 2.53 bits per heavy atom. The number of rotatable bonds is 3. The molecule has 0 heterocycles. The van der Waals surface area contributed by atoms with Gasteiger partial charge < -0.3 is 10.5 Å². The van der Waals surface area contributed by atoms with Crippen LogP contribution in [0.4, 0.5) is 0 Å². The largest absolute Gasteiger partial charge is 0.376 e. The van der Waals surface area contributed by atoms with E-state index in [1.54, 1.807) is 7.11 Å². The van der Waals surface area contributed by atoms with Crippen LogP contribution in [0.5, 0.6) is 0 Å². The Morgan fingerprint density at radius 2 is 2.00 bits per heavy atom. The molecule has 2 rings (SSSR count). The summed E-state index contributed by atoms with van der Waals surface area (Å²) in [7, 11) is 1.76. The molecule has 0 bridgehead atoms. The second kappa shape index (κ2) is 4.97. The fraction of sp³-hybridized carbons (Fsp3) is 0.571. The Labute approximate surface area is 108 Å². The van der Waals surface area contributed by atoms with Crippen LogP contribution in [0.15, 0.2) is 18.2 Å². The molecular formula is C14H20ClNO. The molecular weight excluding hydrogens is 234 g/mol.